The lowest BCUT2D eigenvalue weighted by atomic mass is 10.2. The lowest BCUT2D eigenvalue weighted by Gasteiger charge is -2.12. The van der Waals surface area contributed by atoms with E-state index >= 15 is 0 Å². The molecule has 9 nitrogen and oxygen atoms in total. The zero-order valence-electron chi connectivity index (χ0n) is 12.4. The van der Waals surface area contributed by atoms with Gasteiger partial charge in [-0.3, -0.25) is 19.6 Å². The number of amides is 1. The molecule has 0 aliphatic rings. The van der Waals surface area contributed by atoms with E-state index in [4.69, 9.17) is 10.5 Å². The average Bonchev–Trinajstić information content (AvgIpc) is 2.53. The van der Waals surface area contributed by atoms with Crippen LogP contribution in [0.2, 0.25) is 0 Å². The first kappa shape index (κ1) is 17.2. The number of sulfonamides is 1. The minimum absolute atomic E-state index is 0.0563. The van der Waals surface area contributed by atoms with Crippen molar-refractivity contribution in [1.82, 2.24) is 0 Å². The van der Waals surface area contributed by atoms with Gasteiger partial charge in [-0.05, 0) is 24.3 Å². The van der Waals surface area contributed by atoms with E-state index in [-0.39, 0.29) is 17.0 Å². The van der Waals surface area contributed by atoms with Gasteiger partial charge in [0.05, 0.1) is 12.0 Å². The van der Waals surface area contributed by atoms with Crippen LogP contribution in [0.15, 0.2) is 47.4 Å². The minimum atomic E-state index is -4.19. The molecule has 0 radical (unpaired) electrons. The van der Waals surface area contributed by atoms with Crippen LogP contribution < -0.4 is 15.2 Å². The molecule has 0 aliphatic heterocycles. The van der Waals surface area contributed by atoms with Gasteiger partial charge in [0.25, 0.3) is 15.7 Å². The maximum atomic E-state index is 12.5. The highest BCUT2D eigenvalue weighted by Gasteiger charge is 2.23. The van der Waals surface area contributed by atoms with Gasteiger partial charge in [-0.2, -0.15) is 0 Å². The summed E-state index contributed by atoms with van der Waals surface area (Å²) >= 11 is 0. The van der Waals surface area contributed by atoms with Crippen molar-refractivity contribution in [3.8, 4) is 5.75 Å². The first-order valence-corrected chi connectivity index (χ1v) is 7.98. The van der Waals surface area contributed by atoms with E-state index in [1.807, 2.05) is 0 Å². The van der Waals surface area contributed by atoms with Crippen molar-refractivity contribution in [2.24, 2.45) is 5.73 Å². The molecule has 0 heterocycles. The van der Waals surface area contributed by atoms with E-state index in [0.717, 1.165) is 12.1 Å². The Balaban J connectivity index is 2.47. The number of nitrogens with two attached hydrogens (primary N) is 1. The van der Waals surface area contributed by atoms with Gasteiger partial charge in [0.1, 0.15) is 10.6 Å². The van der Waals surface area contributed by atoms with Crippen LogP contribution in [0.25, 0.3) is 0 Å². The smallest absolute Gasteiger partial charge is 0.271 e. The first-order chi connectivity index (χ1) is 11.2. The Morgan fingerprint density at radius 3 is 2.54 bits per heavy atom. The van der Waals surface area contributed by atoms with Gasteiger partial charge in [-0.1, -0.05) is 6.07 Å². The van der Waals surface area contributed by atoms with Crippen molar-refractivity contribution in [3.05, 3.63) is 58.1 Å². The fourth-order valence-corrected chi connectivity index (χ4v) is 3.17. The number of anilines is 1. The van der Waals surface area contributed by atoms with E-state index in [0.29, 0.717) is 0 Å². The zero-order chi connectivity index (χ0) is 17.9. The fraction of sp³-hybridized carbons (Fsp3) is 0.0714. The molecule has 0 saturated heterocycles. The summed E-state index contributed by atoms with van der Waals surface area (Å²) < 4.78 is 32.2. The Kier molecular flexibility index (Phi) is 4.69. The van der Waals surface area contributed by atoms with E-state index in [9.17, 15) is 23.3 Å². The van der Waals surface area contributed by atoms with Crippen LogP contribution in [0.3, 0.4) is 0 Å². The van der Waals surface area contributed by atoms with Crippen LogP contribution in [0.4, 0.5) is 11.4 Å². The maximum absolute atomic E-state index is 12.5. The summed E-state index contributed by atoms with van der Waals surface area (Å²) in [7, 11) is -2.94. The maximum Gasteiger partial charge on any atom is 0.271 e. The summed E-state index contributed by atoms with van der Waals surface area (Å²) in [6, 6.07) is 8.74. The molecule has 0 aromatic heterocycles. The van der Waals surface area contributed by atoms with E-state index < -0.39 is 31.4 Å². The van der Waals surface area contributed by atoms with Crippen LogP contribution in [0, 0.1) is 10.1 Å². The summed E-state index contributed by atoms with van der Waals surface area (Å²) in [5.74, 6) is -0.775. The molecule has 126 valence electrons. The number of nitro benzene ring substituents is 1. The van der Waals surface area contributed by atoms with Crippen LogP contribution in [0.5, 0.6) is 5.75 Å². The van der Waals surface area contributed by atoms with E-state index in [2.05, 4.69) is 4.72 Å². The summed E-state index contributed by atoms with van der Waals surface area (Å²) in [5.41, 5.74) is 4.94. The molecular weight excluding hydrogens is 338 g/mol. The number of nitrogens with zero attached hydrogens (tertiary/aromatic N) is 1. The van der Waals surface area contributed by atoms with E-state index in [1.165, 1.54) is 37.4 Å². The highest BCUT2D eigenvalue weighted by molar-refractivity contribution is 7.92. The number of carbonyl (C=O) groups excluding carboxylic acids is 1. The zero-order valence-corrected chi connectivity index (χ0v) is 13.2. The van der Waals surface area contributed by atoms with Crippen molar-refractivity contribution in [2.45, 2.75) is 4.90 Å². The molecule has 3 N–H and O–H groups in total. The number of nitro groups is 1. The molecule has 0 atom stereocenters. The van der Waals surface area contributed by atoms with Crippen molar-refractivity contribution >= 4 is 27.3 Å². The molecule has 2 aromatic rings. The highest BCUT2D eigenvalue weighted by Crippen LogP contribution is 2.29. The van der Waals surface area contributed by atoms with Crippen molar-refractivity contribution in [3.63, 3.8) is 0 Å². The molecule has 24 heavy (non-hydrogen) atoms. The Bertz CT molecular complexity index is 910. The van der Waals surface area contributed by atoms with Gasteiger partial charge in [-0.15, -0.1) is 0 Å². The first-order valence-electron chi connectivity index (χ1n) is 6.49. The number of nitrogens with one attached hydrogen (secondary N) is 1. The lowest BCUT2D eigenvalue weighted by molar-refractivity contribution is -0.385. The molecule has 0 spiro atoms. The number of benzene rings is 2. The number of primary amides is 1. The topological polar surface area (TPSA) is 142 Å². The molecule has 2 rings (SSSR count). The van der Waals surface area contributed by atoms with E-state index in [1.54, 1.807) is 0 Å². The van der Waals surface area contributed by atoms with Crippen molar-refractivity contribution in [2.75, 3.05) is 11.8 Å². The number of ether oxygens (including phenoxy) is 1. The van der Waals surface area contributed by atoms with Gasteiger partial charge in [0, 0.05) is 23.4 Å². The normalized spacial score (nSPS) is 10.9. The summed E-state index contributed by atoms with van der Waals surface area (Å²) in [4.78, 5) is 20.9. The summed E-state index contributed by atoms with van der Waals surface area (Å²) in [6.45, 7) is 0. The molecule has 0 saturated carbocycles. The summed E-state index contributed by atoms with van der Waals surface area (Å²) in [5, 5.41) is 10.9. The molecule has 0 fully saturated rings. The highest BCUT2D eigenvalue weighted by atomic mass is 32.2. The molecule has 0 unspecified atom stereocenters. The molecular formula is C14H13N3O6S. The monoisotopic (exact) mass is 351 g/mol. The number of rotatable bonds is 6. The number of hydrogen-bond acceptors (Lipinski definition) is 6. The Morgan fingerprint density at radius 1 is 1.25 bits per heavy atom. The summed E-state index contributed by atoms with van der Waals surface area (Å²) in [6.07, 6.45) is 0. The van der Waals surface area contributed by atoms with Crippen LogP contribution in [-0.2, 0) is 10.0 Å². The van der Waals surface area contributed by atoms with Crippen molar-refractivity contribution in [1.29, 1.82) is 0 Å². The SMILES string of the molecule is COc1ccc([N+](=O)[O-])cc1S(=O)(=O)Nc1cccc(C(N)=O)c1. The second-order valence-corrected chi connectivity index (χ2v) is 6.29. The van der Waals surface area contributed by atoms with Gasteiger partial charge in [0.2, 0.25) is 5.91 Å². The van der Waals surface area contributed by atoms with Gasteiger partial charge < -0.3 is 10.5 Å². The lowest BCUT2D eigenvalue weighted by Crippen LogP contribution is -2.16. The fourth-order valence-electron chi connectivity index (χ4n) is 1.94. The predicted molar refractivity (Wildman–Crippen MR) is 85.4 cm³/mol. The van der Waals surface area contributed by atoms with Gasteiger partial charge >= 0.3 is 0 Å². The molecule has 2 aromatic carbocycles. The average molecular weight is 351 g/mol. The van der Waals surface area contributed by atoms with Crippen molar-refractivity contribution < 1.29 is 22.9 Å². The number of carbonyl (C=O) groups is 1. The standard InChI is InChI=1S/C14H13N3O6S/c1-23-12-6-5-11(17(19)20)8-13(12)24(21,22)16-10-4-2-3-9(7-10)14(15)18/h2-8,16H,1H3,(H2,15,18). The largest absolute Gasteiger partial charge is 0.495 e. The molecule has 1 amide bonds. The quantitative estimate of drug-likeness (QED) is 0.596. The van der Waals surface area contributed by atoms with Gasteiger partial charge in [-0.25, -0.2) is 8.42 Å². The minimum Gasteiger partial charge on any atom is -0.495 e. The molecule has 0 bridgehead atoms. The second-order valence-electron chi connectivity index (χ2n) is 4.64. The molecule has 0 aliphatic carbocycles. The molecule has 10 heteroatoms. The van der Waals surface area contributed by atoms with Crippen LogP contribution in [0.1, 0.15) is 10.4 Å². The number of non-ortho nitro benzene ring substituents is 1. The number of methoxy groups -OCH3 is 1. The van der Waals surface area contributed by atoms with Crippen LogP contribution >= 0.6 is 0 Å². The van der Waals surface area contributed by atoms with Gasteiger partial charge in [0.15, 0.2) is 0 Å². The second kappa shape index (κ2) is 6.54. The van der Waals surface area contributed by atoms with Crippen LogP contribution in [-0.4, -0.2) is 26.4 Å². The number of hydrogen-bond donors (Lipinski definition) is 2. The Morgan fingerprint density at radius 2 is 1.96 bits per heavy atom. The predicted octanol–water partition coefficient (Wildman–Crippen LogP) is 1.50. The Hall–Kier alpha value is -3.14. The third kappa shape index (κ3) is 3.60. The third-order valence-corrected chi connectivity index (χ3v) is 4.45. The third-order valence-electron chi connectivity index (χ3n) is 3.05. The Labute approximate surface area is 137 Å².